The Hall–Kier alpha value is -1.85. The van der Waals surface area contributed by atoms with Gasteiger partial charge < -0.3 is 14.5 Å². The van der Waals surface area contributed by atoms with Crippen LogP contribution in [0.1, 0.15) is 25.7 Å². The van der Waals surface area contributed by atoms with Crippen molar-refractivity contribution in [2.75, 3.05) is 32.1 Å². The van der Waals surface area contributed by atoms with E-state index in [-0.39, 0.29) is 12.0 Å². The summed E-state index contributed by atoms with van der Waals surface area (Å²) in [7, 11) is 3.83. The Morgan fingerprint density at radius 2 is 2.05 bits per heavy atom. The SMILES string of the molecule is CN(C)c1nccnc1OC1CCN(C(=O)C2CCC2)C1. The fourth-order valence-corrected chi connectivity index (χ4v) is 2.80. The van der Waals surface area contributed by atoms with E-state index in [9.17, 15) is 4.79 Å². The summed E-state index contributed by atoms with van der Waals surface area (Å²) in [5.74, 6) is 1.84. The van der Waals surface area contributed by atoms with Gasteiger partial charge in [0, 0.05) is 45.4 Å². The van der Waals surface area contributed by atoms with Crippen molar-refractivity contribution in [1.29, 1.82) is 0 Å². The second-order valence-corrected chi connectivity index (χ2v) is 6.02. The third kappa shape index (κ3) is 2.94. The van der Waals surface area contributed by atoms with E-state index < -0.39 is 0 Å². The lowest BCUT2D eigenvalue weighted by molar-refractivity contribution is -0.137. The molecule has 2 heterocycles. The molecule has 0 aromatic carbocycles. The molecule has 0 bridgehead atoms. The summed E-state index contributed by atoms with van der Waals surface area (Å²) in [6.45, 7) is 1.45. The molecule has 1 aromatic rings. The van der Waals surface area contributed by atoms with Crippen LogP contribution in [0.3, 0.4) is 0 Å². The number of carbonyl (C=O) groups is 1. The van der Waals surface area contributed by atoms with Gasteiger partial charge in [0.2, 0.25) is 5.91 Å². The lowest BCUT2D eigenvalue weighted by atomic mass is 9.84. The van der Waals surface area contributed by atoms with Gasteiger partial charge in [0.15, 0.2) is 5.82 Å². The Bertz CT molecular complexity index is 516. The van der Waals surface area contributed by atoms with Gasteiger partial charge in [-0.1, -0.05) is 6.42 Å². The van der Waals surface area contributed by atoms with Gasteiger partial charge >= 0.3 is 0 Å². The number of amides is 1. The molecule has 1 atom stereocenters. The monoisotopic (exact) mass is 290 g/mol. The van der Waals surface area contributed by atoms with Crippen molar-refractivity contribution in [3.63, 3.8) is 0 Å². The van der Waals surface area contributed by atoms with Crippen molar-refractivity contribution >= 4 is 11.7 Å². The minimum Gasteiger partial charge on any atom is -0.470 e. The number of anilines is 1. The van der Waals surface area contributed by atoms with Crippen molar-refractivity contribution < 1.29 is 9.53 Å². The molecule has 0 N–H and O–H groups in total. The third-order valence-electron chi connectivity index (χ3n) is 4.26. The maximum atomic E-state index is 12.2. The van der Waals surface area contributed by atoms with Gasteiger partial charge in [-0.15, -0.1) is 0 Å². The van der Waals surface area contributed by atoms with Crippen LogP contribution in [-0.4, -0.2) is 54.1 Å². The summed E-state index contributed by atoms with van der Waals surface area (Å²) < 4.78 is 5.97. The van der Waals surface area contributed by atoms with E-state index in [1.54, 1.807) is 12.4 Å². The first-order valence-corrected chi connectivity index (χ1v) is 7.59. The Labute approximate surface area is 125 Å². The van der Waals surface area contributed by atoms with Crippen LogP contribution in [0, 0.1) is 5.92 Å². The highest BCUT2D eigenvalue weighted by atomic mass is 16.5. The van der Waals surface area contributed by atoms with Crippen LogP contribution in [-0.2, 0) is 4.79 Å². The summed E-state index contributed by atoms with van der Waals surface area (Å²) in [6, 6.07) is 0. The van der Waals surface area contributed by atoms with Crippen LogP contribution in [0.15, 0.2) is 12.4 Å². The van der Waals surface area contributed by atoms with E-state index in [0.717, 1.165) is 31.6 Å². The number of hydrogen-bond acceptors (Lipinski definition) is 5. The number of ether oxygens (including phenoxy) is 1. The summed E-state index contributed by atoms with van der Waals surface area (Å²) in [6.07, 6.45) is 7.46. The van der Waals surface area contributed by atoms with Crippen molar-refractivity contribution in [2.45, 2.75) is 31.8 Å². The molecule has 1 amide bonds. The van der Waals surface area contributed by atoms with E-state index in [0.29, 0.717) is 18.3 Å². The molecule has 1 aromatic heterocycles. The van der Waals surface area contributed by atoms with Gasteiger partial charge in [0.05, 0.1) is 6.54 Å². The first-order chi connectivity index (χ1) is 10.1. The van der Waals surface area contributed by atoms with E-state index in [1.807, 2.05) is 23.9 Å². The second kappa shape index (κ2) is 5.87. The van der Waals surface area contributed by atoms with Gasteiger partial charge in [-0.05, 0) is 12.8 Å². The Morgan fingerprint density at radius 1 is 1.29 bits per heavy atom. The van der Waals surface area contributed by atoms with Gasteiger partial charge in [0.1, 0.15) is 6.10 Å². The molecule has 2 aliphatic rings. The van der Waals surface area contributed by atoms with Gasteiger partial charge in [-0.3, -0.25) is 4.79 Å². The topological polar surface area (TPSA) is 58.6 Å². The fourth-order valence-electron chi connectivity index (χ4n) is 2.80. The summed E-state index contributed by atoms with van der Waals surface area (Å²) >= 11 is 0. The summed E-state index contributed by atoms with van der Waals surface area (Å²) in [5.41, 5.74) is 0. The molecular formula is C15H22N4O2. The number of rotatable bonds is 4. The van der Waals surface area contributed by atoms with Crippen LogP contribution in [0.5, 0.6) is 5.88 Å². The number of carbonyl (C=O) groups excluding carboxylic acids is 1. The lowest BCUT2D eigenvalue weighted by Gasteiger charge is -2.29. The zero-order valence-electron chi connectivity index (χ0n) is 12.7. The van der Waals surface area contributed by atoms with Crippen molar-refractivity contribution in [3.8, 4) is 5.88 Å². The fraction of sp³-hybridized carbons (Fsp3) is 0.667. The summed E-state index contributed by atoms with van der Waals surface area (Å²) in [4.78, 5) is 24.6. The highest BCUT2D eigenvalue weighted by Crippen LogP contribution is 2.30. The van der Waals surface area contributed by atoms with Crippen molar-refractivity contribution in [3.05, 3.63) is 12.4 Å². The average molecular weight is 290 g/mol. The second-order valence-electron chi connectivity index (χ2n) is 6.02. The van der Waals surface area contributed by atoms with Gasteiger partial charge in [-0.2, -0.15) is 0 Å². The molecule has 3 rings (SSSR count). The largest absolute Gasteiger partial charge is 0.470 e. The van der Waals surface area contributed by atoms with E-state index in [2.05, 4.69) is 9.97 Å². The van der Waals surface area contributed by atoms with Crippen LogP contribution < -0.4 is 9.64 Å². The molecule has 1 aliphatic heterocycles. The molecule has 1 aliphatic carbocycles. The van der Waals surface area contributed by atoms with Crippen molar-refractivity contribution in [1.82, 2.24) is 14.9 Å². The highest BCUT2D eigenvalue weighted by Gasteiger charge is 2.34. The van der Waals surface area contributed by atoms with Crippen LogP contribution in [0.4, 0.5) is 5.82 Å². The number of likely N-dealkylation sites (tertiary alicyclic amines) is 1. The molecule has 2 fully saturated rings. The molecular weight excluding hydrogens is 268 g/mol. The summed E-state index contributed by atoms with van der Waals surface area (Å²) in [5, 5.41) is 0. The van der Waals surface area contributed by atoms with Crippen LogP contribution >= 0.6 is 0 Å². The molecule has 6 nitrogen and oxygen atoms in total. The number of nitrogens with zero attached hydrogens (tertiary/aromatic N) is 4. The maximum absolute atomic E-state index is 12.2. The molecule has 6 heteroatoms. The standard InChI is InChI=1S/C15H22N4O2/c1-18(2)13-14(17-8-7-16-13)21-12-6-9-19(10-12)15(20)11-4-3-5-11/h7-8,11-12H,3-6,9-10H2,1-2H3. The highest BCUT2D eigenvalue weighted by molar-refractivity contribution is 5.79. The minimum atomic E-state index is 0.0180. The van der Waals surface area contributed by atoms with Crippen molar-refractivity contribution in [2.24, 2.45) is 5.92 Å². The average Bonchev–Trinajstić information content (AvgIpc) is 2.85. The predicted octanol–water partition coefficient (Wildman–Crippen LogP) is 1.32. The Kier molecular flexibility index (Phi) is 3.94. The third-order valence-corrected chi connectivity index (χ3v) is 4.26. The van der Waals surface area contributed by atoms with E-state index in [4.69, 9.17) is 4.74 Å². The van der Waals surface area contributed by atoms with E-state index >= 15 is 0 Å². The molecule has 1 saturated carbocycles. The first-order valence-electron chi connectivity index (χ1n) is 7.59. The smallest absolute Gasteiger partial charge is 0.257 e. The molecule has 1 saturated heterocycles. The normalized spacial score (nSPS) is 22.0. The molecule has 0 radical (unpaired) electrons. The molecule has 1 unspecified atom stereocenters. The Morgan fingerprint density at radius 3 is 2.71 bits per heavy atom. The number of aromatic nitrogens is 2. The zero-order chi connectivity index (χ0) is 14.8. The minimum absolute atomic E-state index is 0.0180. The van der Waals surface area contributed by atoms with Crippen LogP contribution in [0.25, 0.3) is 0 Å². The van der Waals surface area contributed by atoms with Gasteiger partial charge in [0.25, 0.3) is 5.88 Å². The Balaban J connectivity index is 1.61. The van der Waals surface area contributed by atoms with Gasteiger partial charge in [-0.25, -0.2) is 9.97 Å². The zero-order valence-corrected chi connectivity index (χ0v) is 12.7. The maximum Gasteiger partial charge on any atom is 0.257 e. The predicted molar refractivity (Wildman–Crippen MR) is 79.3 cm³/mol. The van der Waals surface area contributed by atoms with E-state index in [1.165, 1.54) is 6.42 Å². The molecule has 21 heavy (non-hydrogen) atoms. The lowest BCUT2D eigenvalue weighted by Crippen LogP contribution is -2.38. The molecule has 114 valence electrons. The quantitative estimate of drug-likeness (QED) is 0.837. The first kappa shape index (κ1) is 14.1. The molecule has 0 spiro atoms. The van der Waals surface area contributed by atoms with Crippen LogP contribution in [0.2, 0.25) is 0 Å². The number of hydrogen-bond donors (Lipinski definition) is 0.